The van der Waals surface area contributed by atoms with Crippen LogP contribution in [0.25, 0.3) is 5.69 Å². The first-order valence-electron chi connectivity index (χ1n) is 6.13. The van der Waals surface area contributed by atoms with Gasteiger partial charge in [-0.2, -0.15) is 5.10 Å². The number of ether oxygens (including phenoxy) is 1. The largest absolute Gasteiger partial charge is 0.383 e. The van der Waals surface area contributed by atoms with Gasteiger partial charge in [-0.3, -0.25) is 9.25 Å². The van der Waals surface area contributed by atoms with Crippen molar-refractivity contribution in [3.8, 4) is 5.69 Å². The Balaban J connectivity index is 1.81. The quantitative estimate of drug-likeness (QED) is 0.831. The molecule has 0 aromatic carbocycles. The van der Waals surface area contributed by atoms with Crippen LogP contribution in [-0.4, -0.2) is 46.1 Å². The fourth-order valence-electron chi connectivity index (χ4n) is 2.11. The van der Waals surface area contributed by atoms with Gasteiger partial charge < -0.3 is 10.1 Å². The fraction of sp³-hybridized carbons (Fsp3) is 0.500. The van der Waals surface area contributed by atoms with Gasteiger partial charge in [0, 0.05) is 44.2 Å². The van der Waals surface area contributed by atoms with Crippen molar-refractivity contribution in [1.29, 1.82) is 0 Å². The van der Waals surface area contributed by atoms with Gasteiger partial charge in [0.25, 0.3) is 0 Å². The zero-order valence-electron chi connectivity index (χ0n) is 10.4. The standard InChI is InChI=1S/C12H17N5O/c1-18-3-2-16-8-11(6-15-16)17-9-14-7-12(17)10-4-13-5-10/h6-10,13H,2-5H2,1H3. The third-order valence-corrected chi connectivity index (χ3v) is 3.29. The minimum atomic E-state index is 0.565. The molecule has 0 aliphatic carbocycles. The molecule has 0 bridgehead atoms. The summed E-state index contributed by atoms with van der Waals surface area (Å²) in [4.78, 5) is 4.25. The molecule has 0 saturated carbocycles. The minimum Gasteiger partial charge on any atom is -0.383 e. The summed E-state index contributed by atoms with van der Waals surface area (Å²) in [7, 11) is 1.70. The van der Waals surface area contributed by atoms with Crippen LogP contribution < -0.4 is 5.32 Å². The van der Waals surface area contributed by atoms with Crippen molar-refractivity contribution in [2.75, 3.05) is 26.8 Å². The Kier molecular flexibility index (Phi) is 3.12. The molecule has 2 aromatic rings. The highest BCUT2D eigenvalue weighted by Gasteiger charge is 2.23. The summed E-state index contributed by atoms with van der Waals surface area (Å²) in [5.74, 6) is 0.565. The minimum absolute atomic E-state index is 0.565. The van der Waals surface area contributed by atoms with Crippen LogP contribution >= 0.6 is 0 Å². The number of hydrogen-bond acceptors (Lipinski definition) is 4. The normalized spacial score (nSPS) is 15.8. The van der Waals surface area contributed by atoms with Crippen LogP contribution in [0.5, 0.6) is 0 Å². The number of methoxy groups -OCH3 is 1. The molecule has 1 fully saturated rings. The number of nitrogens with one attached hydrogen (secondary N) is 1. The maximum absolute atomic E-state index is 5.05. The van der Waals surface area contributed by atoms with Crippen molar-refractivity contribution < 1.29 is 4.74 Å². The number of aromatic nitrogens is 4. The van der Waals surface area contributed by atoms with Gasteiger partial charge in [-0.05, 0) is 0 Å². The first kappa shape index (κ1) is 11.4. The maximum atomic E-state index is 5.05. The van der Waals surface area contributed by atoms with Gasteiger partial charge in [-0.1, -0.05) is 0 Å². The SMILES string of the molecule is COCCn1cc(-n2cncc2C2CNC2)cn1. The van der Waals surface area contributed by atoms with Crippen molar-refractivity contribution in [2.45, 2.75) is 12.5 Å². The van der Waals surface area contributed by atoms with E-state index in [2.05, 4.69) is 20.0 Å². The third-order valence-electron chi connectivity index (χ3n) is 3.29. The second kappa shape index (κ2) is 4.91. The zero-order valence-corrected chi connectivity index (χ0v) is 10.4. The predicted molar refractivity (Wildman–Crippen MR) is 66.8 cm³/mol. The molecule has 0 spiro atoms. The number of hydrogen-bond donors (Lipinski definition) is 1. The van der Waals surface area contributed by atoms with Crippen LogP contribution in [0.1, 0.15) is 11.6 Å². The van der Waals surface area contributed by atoms with Gasteiger partial charge >= 0.3 is 0 Å². The summed E-state index contributed by atoms with van der Waals surface area (Å²) < 4.78 is 9.05. The summed E-state index contributed by atoms with van der Waals surface area (Å²) in [5.41, 5.74) is 2.31. The van der Waals surface area contributed by atoms with E-state index in [1.165, 1.54) is 5.69 Å². The van der Waals surface area contributed by atoms with Crippen molar-refractivity contribution in [3.63, 3.8) is 0 Å². The Morgan fingerprint density at radius 3 is 3.06 bits per heavy atom. The Bertz CT molecular complexity index is 514. The van der Waals surface area contributed by atoms with Crippen molar-refractivity contribution in [2.24, 2.45) is 0 Å². The molecule has 6 heteroatoms. The summed E-state index contributed by atoms with van der Waals surface area (Å²) in [6, 6.07) is 0. The second-order valence-electron chi connectivity index (χ2n) is 4.50. The van der Waals surface area contributed by atoms with Crippen LogP contribution in [0.3, 0.4) is 0 Å². The highest BCUT2D eigenvalue weighted by molar-refractivity contribution is 5.30. The lowest BCUT2D eigenvalue weighted by atomic mass is 10.00. The molecule has 0 radical (unpaired) electrons. The summed E-state index contributed by atoms with van der Waals surface area (Å²) in [6.07, 6.45) is 7.69. The Morgan fingerprint density at radius 1 is 1.44 bits per heavy atom. The first-order chi connectivity index (χ1) is 8.88. The molecule has 96 valence electrons. The van der Waals surface area contributed by atoms with Gasteiger partial charge in [-0.25, -0.2) is 4.98 Å². The van der Waals surface area contributed by atoms with Gasteiger partial charge in [0.2, 0.25) is 0 Å². The Morgan fingerprint density at radius 2 is 2.33 bits per heavy atom. The zero-order chi connectivity index (χ0) is 12.4. The van der Waals surface area contributed by atoms with E-state index in [1.54, 1.807) is 7.11 Å². The molecular weight excluding hydrogens is 230 g/mol. The highest BCUT2D eigenvalue weighted by Crippen LogP contribution is 2.22. The molecule has 0 amide bonds. The molecule has 3 heterocycles. The van der Waals surface area contributed by atoms with E-state index in [1.807, 2.05) is 29.6 Å². The van der Waals surface area contributed by atoms with Gasteiger partial charge in [0.1, 0.15) is 0 Å². The molecular formula is C12H17N5O. The molecule has 1 aliphatic heterocycles. The Labute approximate surface area is 106 Å². The summed E-state index contributed by atoms with van der Waals surface area (Å²) in [6.45, 7) is 3.50. The first-order valence-corrected chi connectivity index (χ1v) is 6.13. The van der Waals surface area contributed by atoms with E-state index >= 15 is 0 Å². The average Bonchev–Trinajstić information content (AvgIpc) is 2.92. The van der Waals surface area contributed by atoms with Crippen molar-refractivity contribution >= 4 is 0 Å². The van der Waals surface area contributed by atoms with E-state index in [0.29, 0.717) is 12.5 Å². The van der Waals surface area contributed by atoms with Gasteiger partial charge in [0.05, 0.1) is 31.4 Å². The van der Waals surface area contributed by atoms with Crippen molar-refractivity contribution in [3.05, 3.63) is 30.6 Å². The molecule has 1 aliphatic rings. The third kappa shape index (κ3) is 2.04. The van der Waals surface area contributed by atoms with E-state index < -0.39 is 0 Å². The lowest BCUT2D eigenvalue weighted by molar-refractivity contribution is 0.183. The maximum Gasteiger partial charge on any atom is 0.0995 e. The Hall–Kier alpha value is -1.66. The highest BCUT2D eigenvalue weighted by atomic mass is 16.5. The van der Waals surface area contributed by atoms with Crippen molar-refractivity contribution in [1.82, 2.24) is 24.6 Å². The van der Waals surface area contributed by atoms with Gasteiger partial charge in [-0.15, -0.1) is 0 Å². The average molecular weight is 247 g/mol. The van der Waals surface area contributed by atoms with Crippen LogP contribution in [0.2, 0.25) is 0 Å². The molecule has 18 heavy (non-hydrogen) atoms. The van der Waals surface area contributed by atoms with E-state index in [0.717, 1.165) is 25.3 Å². The molecule has 0 atom stereocenters. The molecule has 3 rings (SSSR count). The number of rotatable bonds is 5. The number of nitrogens with zero attached hydrogens (tertiary/aromatic N) is 4. The molecule has 1 N–H and O–H groups in total. The molecule has 6 nitrogen and oxygen atoms in total. The monoisotopic (exact) mass is 247 g/mol. The van der Waals surface area contributed by atoms with Crippen LogP contribution in [0.4, 0.5) is 0 Å². The summed E-state index contributed by atoms with van der Waals surface area (Å²) in [5, 5.41) is 7.61. The molecule has 1 saturated heterocycles. The lowest BCUT2D eigenvalue weighted by Gasteiger charge is -2.27. The van der Waals surface area contributed by atoms with E-state index in [4.69, 9.17) is 4.74 Å². The lowest BCUT2D eigenvalue weighted by Crippen LogP contribution is -2.40. The van der Waals surface area contributed by atoms with E-state index in [9.17, 15) is 0 Å². The van der Waals surface area contributed by atoms with Crippen LogP contribution in [0.15, 0.2) is 24.9 Å². The number of imidazole rings is 1. The second-order valence-corrected chi connectivity index (χ2v) is 4.50. The van der Waals surface area contributed by atoms with Crippen LogP contribution in [-0.2, 0) is 11.3 Å². The van der Waals surface area contributed by atoms with Crippen LogP contribution in [0, 0.1) is 0 Å². The smallest absolute Gasteiger partial charge is 0.0995 e. The molecule has 0 unspecified atom stereocenters. The van der Waals surface area contributed by atoms with E-state index in [-0.39, 0.29) is 0 Å². The topological polar surface area (TPSA) is 56.9 Å². The van der Waals surface area contributed by atoms with Gasteiger partial charge in [0.15, 0.2) is 0 Å². The summed E-state index contributed by atoms with van der Waals surface area (Å²) >= 11 is 0. The molecule has 2 aromatic heterocycles. The predicted octanol–water partition coefficient (Wildman–Crippen LogP) is 0.402. The fourth-order valence-corrected chi connectivity index (χ4v) is 2.11.